The smallest absolute Gasteiger partial charge is 0.252 e. The molecule has 0 unspecified atom stereocenters. The quantitative estimate of drug-likeness (QED) is 0.108. The number of hydrogen-bond acceptors (Lipinski definition) is 2. The summed E-state index contributed by atoms with van der Waals surface area (Å²) in [5, 5.41) is 4.83. The van der Waals surface area contributed by atoms with Gasteiger partial charge in [-0.25, -0.2) is 9.97 Å². The van der Waals surface area contributed by atoms with Crippen LogP contribution in [-0.4, -0.2) is 25.8 Å². The highest BCUT2D eigenvalue weighted by Crippen LogP contribution is 2.51. The van der Waals surface area contributed by atoms with Crippen LogP contribution in [0.15, 0.2) is 406 Å². The van der Waals surface area contributed by atoms with E-state index in [1.54, 1.807) is 0 Å². The van der Waals surface area contributed by atoms with Crippen LogP contribution in [0, 0.1) is 0 Å². The van der Waals surface area contributed by atoms with Crippen LogP contribution >= 0.6 is 0 Å². The van der Waals surface area contributed by atoms with Crippen molar-refractivity contribution in [2.24, 2.45) is 0 Å². The first-order valence-electron chi connectivity index (χ1n) is 38.3. The van der Waals surface area contributed by atoms with E-state index in [9.17, 15) is 0 Å². The van der Waals surface area contributed by atoms with Gasteiger partial charge in [0, 0.05) is 49.6 Å². The molecule has 514 valence electrons. The zero-order valence-electron chi connectivity index (χ0n) is 60.5. The fraction of sp³-hybridized carbons (Fsp3) is 0. The fourth-order valence-corrected chi connectivity index (χ4v) is 18.1. The highest BCUT2D eigenvalue weighted by atomic mass is 15.0. The lowest BCUT2D eigenvalue weighted by atomic mass is 9.34. The molecule has 4 nitrogen and oxygen atoms in total. The van der Waals surface area contributed by atoms with Gasteiger partial charge in [0.05, 0.1) is 33.5 Å². The Kier molecular flexibility index (Phi) is 15.0. The van der Waals surface area contributed by atoms with E-state index in [4.69, 9.17) is 9.97 Å². The molecule has 0 saturated carbocycles. The molecule has 20 aromatic rings. The first kappa shape index (κ1) is 63.7. The summed E-state index contributed by atoms with van der Waals surface area (Å²) < 4.78 is 5.33. The van der Waals surface area contributed by atoms with Crippen molar-refractivity contribution < 1.29 is 0 Å². The lowest BCUT2D eigenvalue weighted by Crippen LogP contribution is -2.59. The van der Waals surface area contributed by atoms with Gasteiger partial charge < -0.3 is 9.13 Å². The highest BCUT2D eigenvalue weighted by Gasteiger charge is 2.43. The molecule has 111 heavy (non-hydrogen) atoms. The molecule has 3 aromatic heterocycles. The maximum absolute atomic E-state index is 6.07. The number of nitrogens with zero attached hydrogens (tertiary/aromatic N) is 4. The average molecular weight is 1410 g/mol. The molecule has 2 aliphatic rings. The Bertz CT molecular complexity index is 6520. The first-order valence-corrected chi connectivity index (χ1v) is 38.3. The van der Waals surface area contributed by atoms with Crippen molar-refractivity contribution in [2.75, 3.05) is 0 Å². The molecule has 0 radical (unpaired) electrons. The minimum atomic E-state index is -0.239. The molecule has 0 amide bonds. The zero-order chi connectivity index (χ0) is 73.0. The van der Waals surface area contributed by atoms with Crippen LogP contribution < -0.4 is 16.4 Å². The first-order chi connectivity index (χ1) is 55.0. The minimum absolute atomic E-state index is 0.239. The third-order valence-corrected chi connectivity index (χ3v) is 23.0. The zero-order valence-corrected chi connectivity index (χ0v) is 60.5. The summed E-state index contributed by atoms with van der Waals surface area (Å²) in [5.74, 6) is 0.605. The Balaban J connectivity index is 0.926. The Morgan fingerprint density at radius 2 is 0.450 bits per heavy atom. The van der Waals surface area contributed by atoms with Gasteiger partial charge in [-0.2, -0.15) is 0 Å². The molecule has 0 atom stereocenters. The molecule has 0 N–H and O–H groups in total. The Morgan fingerprint density at radius 1 is 0.189 bits per heavy atom. The van der Waals surface area contributed by atoms with Gasteiger partial charge >= 0.3 is 0 Å². The van der Waals surface area contributed by atoms with E-state index >= 15 is 0 Å². The molecule has 0 aliphatic carbocycles. The van der Waals surface area contributed by atoms with Gasteiger partial charge in [0.15, 0.2) is 5.82 Å². The summed E-state index contributed by atoms with van der Waals surface area (Å²) in [4.78, 5) is 12.1. The van der Waals surface area contributed by atoms with Crippen LogP contribution in [0.2, 0.25) is 0 Å². The van der Waals surface area contributed by atoms with Crippen molar-refractivity contribution in [2.45, 2.75) is 0 Å². The molecule has 5 heterocycles. The average Bonchev–Trinajstić information content (AvgIpc) is 1.52. The summed E-state index contributed by atoms with van der Waals surface area (Å²) in [5.41, 5.74) is 37.7. The maximum Gasteiger partial charge on any atom is 0.252 e. The lowest BCUT2D eigenvalue weighted by molar-refractivity contribution is 1.13. The molecule has 5 heteroatoms. The van der Waals surface area contributed by atoms with Crippen molar-refractivity contribution in [3.05, 3.63) is 406 Å². The predicted molar refractivity (Wildman–Crippen MR) is 466 cm³/mol. The second-order valence-corrected chi connectivity index (χ2v) is 29.4. The minimum Gasteiger partial charge on any atom is -0.310 e. The molecular formula is C106H67BN4. The number of hydrogen-bond donors (Lipinski definition) is 0. The maximum atomic E-state index is 6.07. The van der Waals surface area contributed by atoms with Gasteiger partial charge in [-0.1, -0.05) is 328 Å². The standard InChI is InChI=1S/C106H67BN4/c1-11-31-68(32-12-1)78-55-79(69-33-13-2-14-34-69)58-84(57-78)93-67-94(85-59-80(70-35-15-3-16-36-70)56-81(60-85)71-37-17-4-18-38-71)109-106(108-93)86-65-97-103-98(66-86)111-96-64-83(73-41-21-6-22-42-73)62-90(77-49-29-10-30-50-77)100(96)102-88(75-45-25-8-26-46-75)52-54-92(105(102)111)107(103)91-53-51-87(74-43-23-7-24-44-74)101-99-89(76-47-27-9-28-48-76)61-82(72-39-19-5-20-40-72)63-95(99)110(97)104(91)101/h1-67H. The van der Waals surface area contributed by atoms with Crippen LogP contribution in [0.25, 0.3) is 200 Å². The third-order valence-electron chi connectivity index (χ3n) is 23.0. The van der Waals surface area contributed by atoms with Crippen LogP contribution in [0.4, 0.5) is 0 Å². The third kappa shape index (κ3) is 10.7. The van der Waals surface area contributed by atoms with E-state index in [1.807, 2.05) is 0 Å². The largest absolute Gasteiger partial charge is 0.310 e. The molecule has 17 aromatic carbocycles. The Labute approximate surface area is 644 Å². The van der Waals surface area contributed by atoms with Crippen molar-refractivity contribution in [1.29, 1.82) is 0 Å². The molecule has 0 spiro atoms. The summed E-state index contributed by atoms with van der Waals surface area (Å²) in [6.07, 6.45) is 0. The Hall–Kier alpha value is -14.5. The topological polar surface area (TPSA) is 35.6 Å². The number of benzene rings is 17. The summed E-state index contributed by atoms with van der Waals surface area (Å²) in [7, 11) is 0. The van der Waals surface area contributed by atoms with Crippen LogP contribution in [0.1, 0.15) is 0 Å². The second-order valence-electron chi connectivity index (χ2n) is 29.4. The molecule has 22 rings (SSSR count). The van der Waals surface area contributed by atoms with Crippen LogP contribution in [-0.2, 0) is 0 Å². The molecule has 0 fully saturated rings. The van der Waals surface area contributed by atoms with E-state index < -0.39 is 0 Å². The molecule has 0 bridgehead atoms. The SMILES string of the molecule is c1ccc(-c2cc(-c3ccccc3)cc(-c3cc(-c4cc(-c5ccccc5)cc(-c5ccccc5)c4)nc(-c4cc5c6c(c4)-n4c7cc(-c8ccccc8)cc(-c8ccccc8)c7c7c(-c8ccccc8)ccc(c74)B6c4ccc(-c6ccccc6)c6c7c(-c8ccccc8)cc(-c8ccccc8)cc7n-5c46)n3)c2)cc1. The Morgan fingerprint density at radius 3 is 0.748 bits per heavy atom. The van der Waals surface area contributed by atoms with Gasteiger partial charge in [0.2, 0.25) is 0 Å². The fourth-order valence-electron chi connectivity index (χ4n) is 18.1. The molecule has 0 saturated heterocycles. The highest BCUT2D eigenvalue weighted by molar-refractivity contribution is 7.00. The molecule has 2 aliphatic heterocycles. The number of rotatable bonds is 13. The van der Waals surface area contributed by atoms with Crippen molar-refractivity contribution in [1.82, 2.24) is 19.1 Å². The van der Waals surface area contributed by atoms with Crippen molar-refractivity contribution in [3.8, 4) is 157 Å². The van der Waals surface area contributed by atoms with Crippen molar-refractivity contribution in [3.63, 3.8) is 0 Å². The summed E-state index contributed by atoms with van der Waals surface area (Å²) >= 11 is 0. The normalized spacial score (nSPS) is 11.9. The van der Waals surface area contributed by atoms with E-state index in [1.165, 1.54) is 71.2 Å². The van der Waals surface area contributed by atoms with Gasteiger partial charge in [0.25, 0.3) is 6.71 Å². The van der Waals surface area contributed by atoms with Crippen LogP contribution in [0.5, 0.6) is 0 Å². The number of fused-ring (bicyclic) bond motifs is 10. The van der Waals surface area contributed by atoms with Gasteiger partial charge in [-0.3, -0.25) is 0 Å². The van der Waals surface area contributed by atoms with Crippen LogP contribution in [0.3, 0.4) is 0 Å². The summed E-state index contributed by atoms with van der Waals surface area (Å²) in [6, 6.07) is 150. The van der Waals surface area contributed by atoms with Gasteiger partial charge in [-0.15, -0.1) is 0 Å². The van der Waals surface area contributed by atoms with E-state index in [0.717, 1.165) is 140 Å². The molecular weight excluding hydrogens is 1340 g/mol. The van der Waals surface area contributed by atoms with Gasteiger partial charge in [-0.05, 0) is 207 Å². The van der Waals surface area contributed by atoms with E-state index in [-0.39, 0.29) is 6.71 Å². The summed E-state index contributed by atoms with van der Waals surface area (Å²) in [6.45, 7) is -0.239. The monoisotopic (exact) mass is 1410 g/mol. The van der Waals surface area contributed by atoms with Gasteiger partial charge in [0.1, 0.15) is 0 Å². The number of aromatic nitrogens is 4. The second kappa shape index (κ2) is 26.2. The van der Waals surface area contributed by atoms with E-state index in [2.05, 4.69) is 416 Å². The van der Waals surface area contributed by atoms with Crippen molar-refractivity contribution >= 4 is 66.7 Å². The van der Waals surface area contributed by atoms with E-state index in [0.29, 0.717) is 5.82 Å². The lowest BCUT2D eigenvalue weighted by Gasteiger charge is -2.34. The predicted octanol–water partition coefficient (Wildman–Crippen LogP) is 25.5.